The molecule has 1 atom stereocenters. The maximum atomic E-state index is 12.8. The summed E-state index contributed by atoms with van der Waals surface area (Å²) < 4.78 is 25.7. The van der Waals surface area contributed by atoms with Gasteiger partial charge in [0.2, 0.25) is 0 Å². The van der Waals surface area contributed by atoms with Gasteiger partial charge in [0.1, 0.15) is 11.6 Å². The van der Waals surface area contributed by atoms with Crippen LogP contribution in [0.2, 0.25) is 0 Å². The number of benzene rings is 1. The van der Waals surface area contributed by atoms with Crippen molar-refractivity contribution in [2.45, 2.75) is 26.3 Å². The van der Waals surface area contributed by atoms with Gasteiger partial charge in [-0.1, -0.05) is 6.92 Å². The van der Waals surface area contributed by atoms with Crippen molar-refractivity contribution in [3.05, 3.63) is 35.4 Å². The minimum atomic E-state index is -0.523. The molecule has 0 aromatic heterocycles. The fourth-order valence-corrected chi connectivity index (χ4v) is 1.30. The molecule has 0 heterocycles. The van der Waals surface area contributed by atoms with Crippen molar-refractivity contribution in [3.8, 4) is 0 Å². The van der Waals surface area contributed by atoms with Crippen LogP contribution in [-0.2, 0) is 0 Å². The molecule has 0 aliphatic heterocycles. The van der Waals surface area contributed by atoms with Crippen LogP contribution in [0.5, 0.6) is 0 Å². The first-order chi connectivity index (χ1) is 6.63. The molecule has 78 valence electrons. The molecule has 1 N–H and O–H groups in total. The fourth-order valence-electron chi connectivity index (χ4n) is 1.30. The maximum Gasteiger partial charge on any atom is 0.126 e. The van der Waals surface area contributed by atoms with Crippen LogP contribution in [0.3, 0.4) is 0 Å². The Labute approximate surface area is 83.1 Å². The van der Waals surface area contributed by atoms with E-state index in [1.165, 1.54) is 12.1 Å². The molecule has 1 nitrogen and oxygen atoms in total. The first-order valence-electron chi connectivity index (χ1n) is 4.83. The van der Waals surface area contributed by atoms with Crippen molar-refractivity contribution >= 4 is 0 Å². The van der Waals surface area contributed by atoms with Gasteiger partial charge >= 0.3 is 0 Å². The van der Waals surface area contributed by atoms with E-state index < -0.39 is 11.6 Å². The van der Waals surface area contributed by atoms with Gasteiger partial charge in [-0.2, -0.15) is 0 Å². The summed E-state index contributed by atoms with van der Waals surface area (Å²) in [6.07, 6.45) is 1.00. The molecule has 0 aliphatic rings. The number of nitrogens with one attached hydrogen (secondary N) is 1. The monoisotopic (exact) mass is 199 g/mol. The zero-order valence-electron chi connectivity index (χ0n) is 8.48. The number of rotatable bonds is 4. The molecule has 0 spiro atoms. The summed E-state index contributed by atoms with van der Waals surface area (Å²) in [5.74, 6) is -1.05. The normalized spacial score (nSPS) is 12.9. The Morgan fingerprint density at radius 3 is 2.29 bits per heavy atom. The van der Waals surface area contributed by atoms with Gasteiger partial charge in [0.05, 0.1) is 0 Å². The molecule has 1 aromatic carbocycles. The lowest BCUT2D eigenvalue weighted by atomic mass is 10.1. The second kappa shape index (κ2) is 5.05. The smallest absolute Gasteiger partial charge is 0.126 e. The van der Waals surface area contributed by atoms with Gasteiger partial charge in [-0.15, -0.1) is 0 Å². The minimum absolute atomic E-state index is 0.0138. The molecule has 1 aromatic rings. The zero-order valence-corrected chi connectivity index (χ0v) is 8.48. The third-order valence-corrected chi connectivity index (χ3v) is 2.09. The highest BCUT2D eigenvalue weighted by Crippen LogP contribution is 2.15. The molecule has 3 heteroatoms. The van der Waals surface area contributed by atoms with E-state index in [-0.39, 0.29) is 6.04 Å². The molecule has 0 amide bonds. The molecule has 0 fully saturated rings. The zero-order chi connectivity index (χ0) is 10.6. The molecule has 14 heavy (non-hydrogen) atoms. The van der Waals surface area contributed by atoms with Crippen LogP contribution in [0.15, 0.2) is 18.2 Å². The van der Waals surface area contributed by atoms with Crippen LogP contribution >= 0.6 is 0 Å². The maximum absolute atomic E-state index is 12.8. The summed E-state index contributed by atoms with van der Waals surface area (Å²) in [6, 6.07) is 3.59. The summed E-state index contributed by atoms with van der Waals surface area (Å²) >= 11 is 0. The number of halogens is 2. The highest BCUT2D eigenvalue weighted by Gasteiger charge is 2.07. The average molecular weight is 199 g/mol. The van der Waals surface area contributed by atoms with E-state index >= 15 is 0 Å². The molecule has 0 aliphatic carbocycles. The van der Waals surface area contributed by atoms with Gasteiger partial charge in [0.15, 0.2) is 0 Å². The van der Waals surface area contributed by atoms with Gasteiger partial charge in [-0.05, 0) is 37.6 Å². The van der Waals surface area contributed by atoms with Crippen molar-refractivity contribution in [2.24, 2.45) is 0 Å². The van der Waals surface area contributed by atoms with E-state index in [1.54, 1.807) is 0 Å². The third kappa shape index (κ3) is 3.07. The van der Waals surface area contributed by atoms with Gasteiger partial charge in [-0.3, -0.25) is 0 Å². The Balaban J connectivity index is 2.73. The van der Waals surface area contributed by atoms with Crippen molar-refractivity contribution in [3.63, 3.8) is 0 Å². The average Bonchev–Trinajstić information content (AvgIpc) is 2.12. The highest BCUT2D eigenvalue weighted by molar-refractivity contribution is 5.20. The molecular formula is C11H15F2N. The van der Waals surface area contributed by atoms with E-state index in [9.17, 15) is 8.78 Å². The van der Waals surface area contributed by atoms with Crippen molar-refractivity contribution in [1.82, 2.24) is 5.32 Å². The Bertz CT molecular complexity index is 279. The molecule has 0 saturated carbocycles. The summed E-state index contributed by atoms with van der Waals surface area (Å²) in [7, 11) is 0. The molecular weight excluding hydrogens is 184 g/mol. The van der Waals surface area contributed by atoms with Crippen molar-refractivity contribution in [1.29, 1.82) is 0 Å². The van der Waals surface area contributed by atoms with E-state index in [2.05, 4.69) is 5.32 Å². The second-order valence-corrected chi connectivity index (χ2v) is 3.38. The van der Waals surface area contributed by atoms with Crippen LogP contribution in [-0.4, -0.2) is 6.54 Å². The second-order valence-electron chi connectivity index (χ2n) is 3.38. The van der Waals surface area contributed by atoms with Crippen LogP contribution in [0.1, 0.15) is 31.9 Å². The van der Waals surface area contributed by atoms with Gasteiger partial charge in [0, 0.05) is 12.1 Å². The largest absolute Gasteiger partial charge is 0.310 e. The van der Waals surface area contributed by atoms with E-state index in [4.69, 9.17) is 0 Å². The summed E-state index contributed by atoms with van der Waals surface area (Å²) in [5, 5.41) is 3.17. The molecule has 0 bridgehead atoms. The standard InChI is InChI=1S/C11H15F2N/c1-3-4-14-8(2)9-5-10(12)7-11(13)6-9/h5-8,14H,3-4H2,1-2H3/t8-/m0/s1. The lowest BCUT2D eigenvalue weighted by molar-refractivity contribution is 0.544. The highest BCUT2D eigenvalue weighted by atomic mass is 19.1. The Morgan fingerprint density at radius 2 is 1.79 bits per heavy atom. The van der Waals surface area contributed by atoms with Gasteiger partial charge < -0.3 is 5.32 Å². The van der Waals surface area contributed by atoms with Crippen LogP contribution in [0, 0.1) is 11.6 Å². The predicted octanol–water partition coefficient (Wildman–Crippen LogP) is 3.03. The lowest BCUT2D eigenvalue weighted by Crippen LogP contribution is -2.19. The molecule has 0 saturated heterocycles. The Kier molecular flexibility index (Phi) is 4.01. The van der Waals surface area contributed by atoms with E-state index in [0.717, 1.165) is 19.0 Å². The van der Waals surface area contributed by atoms with Crippen molar-refractivity contribution in [2.75, 3.05) is 6.54 Å². The number of hydrogen-bond donors (Lipinski definition) is 1. The van der Waals surface area contributed by atoms with E-state index in [0.29, 0.717) is 5.56 Å². The molecule has 0 radical (unpaired) electrons. The quantitative estimate of drug-likeness (QED) is 0.786. The molecule has 1 rings (SSSR count). The first-order valence-corrected chi connectivity index (χ1v) is 4.83. The summed E-state index contributed by atoms with van der Waals surface area (Å²) in [4.78, 5) is 0. The number of hydrogen-bond acceptors (Lipinski definition) is 1. The predicted molar refractivity (Wildman–Crippen MR) is 53.1 cm³/mol. The third-order valence-electron chi connectivity index (χ3n) is 2.09. The summed E-state index contributed by atoms with van der Waals surface area (Å²) in [6.45, 7) is 4.79. The van der Waals surface area contributed by atoms with E-state index in [1.807, 2.05) is 13.8 Å². The van der Waals surface area contributed by atoms with Gasteiger partial charge in [0.25, 0.3) is 0 Å². The fraction of sp³-hybridized carbons (Fsp3) is 0.455. The first kappa shape index (κ1) is 11.1. The minimum Gasteiger partial charge on any atom is -0.310 e. The Hall–Kier alpha value is -0.960. The molecule has 0 unspecified atom stereocenters. The van der Waals surface area contributed by atoms with Crippen LogP contribution in [0.25, 0.3) is 0 Å². The topological polar surface area (TPSA) is 12.0 Å². The summed E-state index contributed by atoms with van der Waals surface area (Å²) in [5.41, 5.74) is 0.649. The van der Waals surface area contributed by atoms with Crippen LogP contribution < -0.4 is 5.32 Å². The lowest BCUT2D eigenvalue weighted by Gasteiger charge is -2.13. The van der Waals surface area contributed by atoms with Gasteiger partial charge in [-0.25, -0.2) is 8.78 Å². The van der Waals surface area contributed by atoms with Crippen molar-refractivity contribution < 1.29 is 8.78 Å². The van der Waals surface area contributed by atoms with Crippen LogP contribution in [0.4, 0.5) is 8.78 Å². The Morgan fingerprint density at radius 1 is 1.21 bits per heavy atom. The SMILES string of the molecule is CCCN[C@@H](C)c1cc(F)cc(F)c1.